The molecule has 4 aliphatic heterocycles. The topological polar surface area (TPSA) is 316 Å². The predicted molar refractivity (Wildman–Crippen MR) is 381 cm³/mol. The van der Waals surface area contributed by atoms with Gasteiger partial charge in [0.05, 0.1) is 69.0 Å². The maximum absolute atomic E-state index is 13.2. The minimum atomic E-state index is -0.601. The Morgan fingerprint density at radius 2 is 0.602 bits per heavy atom. The predicted octanol–water partition coefficient (Wildman–Crippen LogP) is 12.1. The zero-order chi connectivity index (χ0) is 77.8. The van der Waals surface area contributed by atoms with Gasteiger partial charge in [-0.05, 0) is 223 Å². The Balaban J connectivity index is 0.000000127. The fourth-order valence-electron chi connectivity index (χ4n) is 21.6. The van der Waals surface area contributed by atoms with E-state index in [9.17, 15) is 57.5 Å². The van der Waals surface area contributed by atoms with Crippen molar-refractivity contribution in [2.24, 2.45) is 116 Å². The molecule has 4 saturated heterocycles. The Labute approximate surface area is 635 Å². The third-order valence-corrected chi connectivity index (χ3v) is 29.9. The Bertz CT molecular complexity index is 3490. The van der Waals surface area contributed by atoms with Gasteiger partial charge in [0.2, 0.25) is 0 Å². The molecular weight excluding hydrogens is 1390 g/mol. The van der Waals surface area contributed by atoms with Gasteiger partial charge in [0.25, 0.3) is 0 Å². The molecule has 16 fully saturated rings. The minimum Gasteiger partial charge on any atom is -0.462 e. The second-order valence-electron chi connectivity index (χ2n) is 37.8. The van der Waals surface area contributed by atoms with Crippen molar-refractivity contribution in [3.05, 3.63) is 0 Å². The molecule has 108 heavy (non-hydrogen) atoms. The number of fused-ring (bicyclic) bond motifs is 4. The average molecular weight is 1510 g/mol. The highest BCUT2D eigenvalue weighted by atomic mass is 16.6. The molecule has 0 aromatic rings. The van der Waals surface area contributed by atoms with E-state index in [0.717, 1.165) is 109 Å². The van der Waals surface area contributed by atoms with Gasteiger partial charge in [0.15, 0.2) is 0 Å². The van der Waals surface area contributed by atoms with Gasteiger partial charge in [0.1, 0.15) is 72.2 Å². The first kappa shape index (κ1) is 79.7. The summed E-state index contributed by atoms with van der Waals surface area (Å²) < 4.78 is 68.9. The molecule has 12 aliphatic carbocycles. The average Bonchev–Trinajstić information content (AvgIpc) is 1.57. The molecule has 24 nitrogen and oxygen atoms in total. The lowest BCUT2D eigenvalue weighted by Crippen LogP contribution is -2.46. The van der Waals surface area contributed by atoms with Gasteiger partial charge in [0, 0.05) is 47.3 Å². The molecular formula is C84H120O24. The minimum absolute atomic E-state index is 0.0313. The van der Waals surface area contributed by atoms with E-state index < -0.39 is 129 Å². The van der Waals surface area contributed by atoms with Crippen LogP contribution in [0.4, 0.5) is 0 Å². The van der Waals surface area contributed by atoms with Crippen LogP contribution in [-0.2, 0) is 114 Å². The first-order chi connectivity index (χ1) is 51.1. The maximum atomic E-state index is 13.2. The Morgan fingerprint density at radius 1 is 0.343 bits per heavy atom. The second-order valence-corrected chi connectivity index (χ2v) is 37.8. The lowest BCUT2D eigenvalue weighted by atomic mass is 9.78. The van der Waals surface area contributed by atoms with E-state index in [4.69, 9.17) is 56.8 Å². The van der Waals surface area contributed by atoms with Crippen LogP contribution in [0.3, 0.4) is 0 Å². The smallest absolute Gasteiger partial charge is 0.311 e. The fourth-order valence-corrected chi connectivity index (χ4v) is 21.6. The number of ether oxygens (including phenoxy) is 12. The molecule has 0 radical (unpaired) electrons. The molecule has 8 bridgehead atoms. The van der Waals surface area contributed by atoms with Crippen LogP contribution in [0.15, 0.2) is 0 Å². The normalized spacial score (nSPS) is 38.2. The molecule has 12 saturated carbocycles. The van der Waals surface area contributed by atoms with Crippen molar-refractivity contribution in [3.8, 4) is 0 Å². The quantitative estimate of drug-likeness (QED) is 0.0761. The molecule has 4 heterocycles. The van der Waals surface area contributed by atoms with Crippen LogP contribution >= 0.6 is 0 Å². The van der Waals surface area contributed by atoms with Crippen LogP contribution in [0.1, 0.15) is 264 Å². The molecule has 0 spiro atoms. The summed E-state index contributed by atoms with van der Waals surface area (Å²) in [5, 5.41) is 0. The van der Waals surface area contributed by atoms with Crippen molar-refractivity contribution >= 4 is 71.6 Å². The lowest BCUT2D eigenvalue weighted by molar-refractivity contribution is -0.178. The summed E-state index contributed by atoms with van der Waals surface area (Å²) in [4.78, 5) is 152. The van der Waals surface area contributed by atoms with E-state index in [-0.39, 0.29) is 131 Å². The molecule has 16 rings (SSSR count). The van der Waals surface area contributed by atoms with E-state index >= 15 is 0 Å². The lowest BCUT2D eigenvalue weighted by Gasteiger charge is -2.35. The highest BCUT2D eigenvalue weighted by Gasteiger charge is 2.75. The van der Waals surface area contributed by atoms with E-state index in [0.29, 0.717) is 51.4 Å². The van der Waals surface area contributed by atoms with Crippen molar-refractivity contribution in [1.82, 2.24) is 0 Å². The first-order valence-corrected chi connectivity index (χ1v) is 41.6. The summed E-state index contributed by atoms with van der Waals surface area (Å²) in [6.45, 7) is 26.6. The molecule has 24 atom stereocenters. The number of carbonyl (C=O) groups is 12. The summed E-state index contributed by atoms with van der Waals surface area (Å²) >= 11 is 0. The van der Waals surface area contributed by atoms with Gasteiger partial charge >= 0.3 is 71.6 Å². The Morgan fingerprint density at radius 3 is 0.880 bits per heavy atom. The number of carbonyl (C=O) groups excluding carboxylic acids is 12. The maximum Gasteiger partial charge on any atom is 0.311 e. The summed E-state index contributed by atoms with van der Waals surface area (Å²) in [7, 11) is 0. The van der Waals surface area contributed by atoms with Crippen molar-refractivity contribution in [2.75, 3.05) is 0 Å². The van der Waals surface area contributed by atoms with Crippen molar-refractivity contribution in [3.63, 3.8) is 0 Å². The van der Waals surface area contributed by atoms with E-state index in [2.05, 4.69) is 6.92 Å². The van der Waals surface area contributed by atoms with Crippen LogP contribution in [0.5, 0.6) is 0 Å². The van der Waals surface area contributed by atoms with Crippen LogP contribution in [0.25, 0.3) is 0 Å². The van der Waals surface area contributed by atoms with Crippen molar-refractivity contribution in [1.29, 1.82) is 0 Å². The highest BCUT2D eigenvalue weighted by Crippen LogP contribution is 2.64. The molecule has 24 unspecified atom stereocenters. The molecule has 16 aliphatic rings. The highest BCUT2D eigenvalue weighted by molar-refractivity contribution is 5.90. The number of esters is 12. The van der Waals surface area contributed by atoms with Gasteiger partial charge in [-0.15, -0.1) is 0 Å². The van der Waals surface area contributed by atoms with Gasteiger partial charge < -0.3 is 56.8 Å². The molecule has 0 aromatic carbocycles. The Hall–Kier alpha value is -6.36. The monoisotopic (exact) mass is 1510 g/mol. The van der Waals surface area contributed by atoms with Gasteiger partial charge in [-0.25, -0.2) is 0 Å². The zero-order valence-corrected chi connectivity index (χ0v) is 66.2. The van der Waals surface area contributed by atoms with E-state index in [1.54, 1.807) is 0 Å². The summed E-state index contributed by atoms with van der Waals surface area (Å²) in [6.07, 6.45) is 19.2. The molecule has 24 heteroatoms. The fraction of sp³-hybridized carbons (Fsp3) is 0.857. The van der Waals surface area contributed by atoms with Crippen LogP contribution in [0, 0.1) is 116 Å². The van der Waals surface area contributed by atoms with Crippen molar-refractivity contribution in [2.45, 2.75) is 336 Å². The largest absolute Gasteiger partial charge is 0.462 e. The SMILES string of the molecule is CCC(C)(C)C(=O)OC1C2CC3C1OC(=O)C3C2C(=O)OC1(C)CCCC1.CCC(C)(C)C(=O)OC1C2CC3C1OC(=O)C3C2C(=O)OC1CCCC1.CCC(C)(C)C(=O)OC1C2CC3C1OC(=O)C3C2C(=O)OC1CCCCC1.CCC1(OC(=O)C2C3CC4C(OC(=O)C42)C3OC(=O)C(C)(C)CC)CCCC1. The summed E-state index contributed by atoms with van der Waals surface area (Å²) in [5.41, 5.74) is -3.22. The molecule has 0 amide bonds. The van der Waals surface area contributed by atoms with Crippen LogP contribution in [-0.4, -0.2) is 144 Å². The molecule has 0 aromatic heterocycles. The van der Waals surface area contributed by atoms with E-state index in [1.807, 2.05) is 90.0 Å². The number of hydrogen-bond donors (Lipinski definition) is 0. The standard InChI is InChI=1S/C22H32O6.2C21H30O6.C20H28O6/c1-5-21(3,4)20(25)27-17-13-11-12-14(18(23)26-16(12)17)15(13)19(24)28-22(6-2)9-7-8-10-22;1-5-20(2,3)19(24)26-16-12-10-11-13(17(22)25-15(11)16)14(12)18(23)27-21(4)8-6-7-9-21;1-4-21(2,3)20(24)27-17-13-10-12-15(19(23)26-16(12)17)14(13)18(22)25-11-8-6-5-7-9-11;1-4-20(2,3)19(23)26-16-12-9-11-14(18(22)25-15(11)16)13(12)17(21)24-10-7-5-6-8-10/h12-17H,5-11H2,1-4H3;11-16H,5-10H2,1-4H3;11-17H,4-10H2,1-3H3;10-16H,4-9H2,1-3H3. The molecule has 0 N–H and O–H groups in total. The van der Waals surface area contributed by atoms with Crippen LogP contribution < -0.4 is 0 Å². The van der Waals surface area contributed by atoms with Gasteiger partial charge in [-0.2, -0.15) is 0 Å². The molecule has 600 valence electrons. The zero-order valence-electron chi connectivity index (χ0n) is 66.2. The third kappa shape index (κ3) is 14.4. The summed E-state index contributed by atoms with van der Waals surface area (Å²) in [5.74, 6) is -8.48. The number of hydrogen-bond acceptors (Lipinski definition) is 24. The summed E-state index contributed by atoms with van der Waals surface area (Å²) in [6, 6.07) is 0. The van der Waals surface area contributed by atoms with Crippen LogP contribution in [0.2, 0.25) is 0 Å². The number of rotatable bonds is 21. The van der Waals surface area contributed by atoms with Gasteiger partial charge in [-0.3, -0.25) is 57.5 Å². The van der Waals surface area contributed by atoms with E-state index in [1.165, 1.54) is 6.42 Å². The van der Waals surface area contributed by atoms with Crippen molar-refractivity contribution < 1.29 is 114 Å². The first-order valence-electron chi connectivity index (χ1n) is 41.6. The third-order valence-electron chi connectivity index (χ3n) is 29.9. The second kappa shape index (κ2) is 30.3. The van der Waals surface area contributed by atoms with Gasteiger partial charge in [-0.1, -0.05) is 41.0 Å². The Kier molecular flexibility index (Phi) is 22.4.